The van der Waals surface area contributed by atoms with Gasteiger partial charge in [-0.3, -0.25) is 0 Å². The summed E-state index contributed by atoms with van der Waals surface area (Å²) in [6, 6.07) is 0. The zero-order chi connectivity index (χ0) is 5.40. The summed E-state index contributed by atoms with van der Waals surface area (Å²) in [6.45, 7) is 0. The summed E-state index contributed by atoms with van der Waals surface area (Å²) in [7, 11) is 0. The number of nitrogens with zero attached hydrogens (tertiary/aromatic N) is 2. The Balaban J connectivity index is 3.06. The highest BCUT2D eigenvalue weighted by atomic mass is 32.1. The summed E-state index contributed by atoms with van der Waals surface area (Å²) in [4.78, 5) is 4.74. The Labute approximate surface area is 48.9 Å². The lowest BCUT2D eigenvalue weighted by Crippen LogP contribution is -1.52. The average Bonchev–Trinajstić information content (AvgIpc) is 2.15. The molecule has 0 aliphatic rings. The van der Waals surface area contributed by atoms with Gasteiger partial charge in [-0.1, -0.05) is 16.5 Å². The van der Waals surface area contributed by atoms with E-state index in [1.54, 1.807) is 11.7 Å². The highest BCUT2D eigenvalue weighted by molar-refractivity contribution is 7.16. The summed E-state index contributed by atoms with van der Waals surface area (Å²) in [6.07, 6.45) is 1.60. The van der Waals surface area contributed by atoms with Crippen LogP contribution in [-0.4, -0.2) is 10.1 Å². The maximum absolute atomic E-state index is 4.76. The molecule has 0 atom stereocenters. The topological polar surface area (TPSA) is 38.9 Å². The van der Waals surface area contributed by atoms with Crippen molar-refractivity contribution in [3.8, 4) is 0 Å². The lowest BCUT2D eigenvalue weighted by Gasteiger charge is -1.59. The van der Waals surface area contributed by atoms with Gasteiger partial charge in [-0.25, -0.2) is 4.98 Å². The predicted octanol–water partition coefficient (Wildman–Crippen LogP) is 1.28. The third-order valence-electron chi connectivity index (χ3n) is 0.871. The first-order chi connectivity index (χ1) is 3.97. The van der Waals surface area contributed by atoms with Gasteiger partial charge in [-0.15, -0.1) is 0 Å². The van der Waals surface area contributed by atoms with E-state index in [1.807, 2.05) is 0 Å². The van der Waals surface area contributed by atoms with Crippen LogP contribution < -0.4 is 0 Å². The van der Waals surface area contributed by atoms with Gasteiger partial charge >= 0.3 is 0 Å². The molecular weight excluding hydrogens is 124 g/mol. The van der Waals surface area contributed by atoms with E-state index < -0.39 is 0 Å². The first-order valence-corrected chi connectivity index (χ1v) is 2.98. The minimum atomic E-state index is 0.796. The molecule has 0 spiro atoms. The molecule has 0 N–H and O–H groups in total. The van der Waals surface area contributed by atoms with Crippen LogP contribution in [-0.2, 0) is 0 Å². The van der Waals surface area contributed by atoms with Crippen LogP contribution in [0.4, 0.5) is 0 Å². The number of fused-ring (bicyclic) bond motifs is 1. The maximum atomic E-state index is 4.76. The number of rotatable bonds is 0. The van der Waals surface area contributed by atoms with E-state index in [2.05, 4.69) is 10.1 Å². The lowest BCUT2D eigenvalue weighted by molar-refractivity contribution is 0.461. The molecule has 0 amide bonds. The van der Waals surface area contributed by atoms with Crippen molar-refractivity contribution >= 4 is 21.8 Å². The van der Waals surface area contributed by atoms with E-state index in [1.165, 1.54) is 11.3 Å². The fraction of sp³-hybridized carbons (Fsp3) is 0. The van der Waals surface area contributed by atoms with E-state index >= 15 is 0 Å². The fourth-order valence-electron chi connectivity index (χ4n) is 0.523. The zero-order valence-electron chi connectivity index (χ0n) is 3.87. The molecule has 0 saturated carbocycles. The third kappa shape index (κ3) is 0.376. The summed E-state index contributed by atoms with van der Waals surface area (Å²) >= 11 is 1.45. The number of hydrogen-bond donors (Lipinski definition) is 0. The molecular formula is C4H2N2OS. The summed E-state index contributed by atoms with van der Waals surface area (Å²) in [5.41, 5.74) is 2.57. The van der Waals surface area contributed by atoms with Crippen LogP contribution in [0.3, 0.4) is 0 Å². The molecule has 8 heavy (non-hydrogen) atoms. The molecule has 40 valence electrons. The van der Waals surface area contributed by atoms with Crippen LogP contribution in [0.5, 0.6) is 0 Å². The van der Waals surface area contributed by atoms with Crippen LogP contribution >= 0.6 is 11.3 Å². The molecule has 2 aromatic rings. The van der Waals surface area contributed by atoms with E-state index in [0.29, 0.717) is 0 Å². The smallest absolute Gasteiger partial charge is 0.240 e. The largest absolute Gasteiger partial charge is 0.343 e. The van der Waals surface area contributed by atoms with Gasteiger partial charge in [0.15, 0.2) is 0 Å². The lowest BCUT2D eigenvalue weighted by atomic mass is 10.7. The van der Waals surface area contributed by atoms with Gasteiger partial charge in [0.25, 0.3) is 0 Å². The van der Waals surface area contributed by atoms with Crippen LogP contribution in [0.15, 0.2) is 16.2 Å². The minimum Gasteiger partial charge on any atom is -0.343 e. The van der Waals surface area contributed by atoms with Crippen molar-refractivity contribution in [3.05, 3.63) is 11.7 Å². The van der Waals surface area contributed by atoms with Crippen molar-refractivity contribution in [2.24, 2.45) is 0 Å². The monoisotopic (exact) mass is 126 g/mol. The second kappa shape index (κ2) is 1.29. The van der Waals surface area contributed by atoms with Crippen LogP contribution in [0.1, 0.15) is 0 Å². The first-order valence-electron chi connectivity index (χ1n) is 2.11. The number of thiazole rings is 1. The Morgan fingerprint density at radius 3 is 3.50 bits per heavy atom. The van der Waals surface area contributed by atoms with E-state index in [9.17, 15) is 0 Å². The Kier molecular flexibility index (Phi) is 0.648. The van der Waals surface area contributed by atoms with Crippen LogP contribution in [0.25, 0.3) is 10.4 Å². The summed E-state index contributed by atoms with van der Waals surface area (Å²) in [5.74, 6) is 0. The van der Waals surface area contributed by atoms with Crippen molar-refractivity contribution in [1.82, 2.24) is 10.1 Å². The zero-order valence-corrected chi connectivity index (χ0v) is 4.68. The van der Waals surface area contributed by atoms with Crippen LogP contribution in [0.2, 0.25) is 0 Å². The van der Waals surface area contributed by atoms with Crippen LogP contribution in [0, 0.1) is 0 Å². The van der Waals surface area contributed by atoms with E-state index in [4.69, 9.17) is 4.52 Å². The molecule has 0 radical (unpaired) electrons. The molecule has 0 aliphatic carbocycles. The summed E-state index contributed by atoms with van der Waals surface area (Å²) in [5, 5.41) is 3.53. The highest BCUT2D eigenvalue weighted by Gasteiger charge is 1.96. The van der Waals surface area contributed by atoms with Crippen molar-refractivity contribution in [1.29, 1.82) is 0 Å². The molecule has 0 aliphatic heterocycles. The number of aromatic nitrogens is 2. The molecule has 3 nitrogen and oxygen atoms in total. The quantitative estimate of drug-likeness (QED) is 0.533. The van der Waals surface area contributed by atoms with Gasteiger partial charge in [0.2, 0.25) is 4.90 Å². The molecule has 0 aromatic carbocycles. The molecule has 2 rings (SSSR count). The molecule has 2 heterocycles. The van der Waals surface area contributed by atoms with Crippen molar-refractivity contribution in [2.45, 2.75) is 0 Å². The Morgan fingerprint density at radius 2 is 2.62 bits per heavy atom. The SMILES string of the molecule is c1nc2cnoc2s1. The Bertz CT molecular complexity index is 235. The molecule has 0 bridgehead atoms. The first kappa shape index (κ1) is 4.03. The predicted molar refractivity (Wildman–Crippen MR) is 29.7 cm³/mol. The fourth-order valence-corrected chi connectivity index (χ4v) is 1.10. The average molecular weight is 126 g/mol. The molecule has 2 aromatic heterocycles. The second-order valence-corrected chi connectivity index (χ2v) is 2.17. The van der Waals surface area contributed by atoms with Crippen molar-refractivity contribution < 1.29 is 4.52 Å². The number of hydrogen-bond acceptors (Lipinski definition) is 4. The third-order valence-corrected chi connectivity index (χ3v) is 1.58. The standard InChI is InChI=1S/C4H2N2OS/c1-3-4(7-6-1)8-2-5-3/h1-2H. The van der Waals surface area contributed by atoms with E-state index in [0.717, 1.165) is 10.4 Å². The minimum absolute atomic E-state index is 0.796. The molecule has 0 saturated heterocycles. The Hall–Kier alpha value is -0.900. The van der Waals surface area contributed by atoms with Gasteiger partial charge < -0.3 is 4.52 Å². The van der Waals surface area contributed by atoms with Gasteiger partial charge in [0, 0.05) is 0 Å². The maximum Gasteiger partial charge on any atom is 0.240 e. The molecule has 0 unspecified atom stereocenters. The van der Waals surface area contributed by atoms with Gasteiger partial charge in [-0.2, -0.15) is 0 Å². The van der Waals surface area contributed by atoms with Crippen molar-refractivity contribution in [3.63, 3.8) is 0 Å². The highest BCUT2D eigenvalue weighted by Crippen LogP contribution is 2.14. The van der Waals surface area contributed by atoms with E-state index in [-0.39, 0.29) is 0 Å². The molecule has 0 fully saturated rings. The van der Waals surface area contributed by atoms with Crippen molar-refractivity contribution in [2.75, 3.05) is 0 Å². The van der Waals surface area contributed by atoms with Gasteiger partial charge in [0.1, 0.15) is 5.52 Å². The van der Waals surface area contributed by atoms with Gasteiger partial charge in [-0.05, 0) is 0 Å². The van der Waals surface area contributed by atoms with Gasteiger partial charge in [0.05, 0.1) is 11.7 Å². The summed E-state index contributed by atoms with van der Waals surface area (Å²) < 4.78 is 4.76. The molecule has 4 heteroatoms. The Morgan fingerprint density at radius 1 is 1.62 bits per heavy atom. The second-order valence-electron chi connectivity index (χ2n) is 1.35. The normalized spacial score (nSPS) is 10.5.